The standard InChI is InChI=1S/C9H4Cl2N2/c10-8-2-1-6(5-13)9(11)7(8)3-4-12/h1-2H,3H2. The summed E-state index contributed by atoms with van der Waals surface area (Å²) in [7, 11) is 0. The van der Waals surface area contributed by atoms with E-state index < -0.39 is 0 Å². The fourth-order valence-corrected chi connectivity index (χ4v) is 1.47. The molecule has 0 aliphatic heterocycles. The molecule has 0 radical (unpaired) electrons. The van der Waals surface area contributed by atoms with Gasteiger partial charge in [0.15, 0.2) is 0 Å². The van der Waals surface area contributed by atoms with Crippen molar-refractivity contribution < 1.29 is 0 Å². The molecule has 0 N–H and O–H groups in total. The first-order valence-corrected chi connectivity index (χ1v) is 4.20. The molecule has 64 valence electrons. The largest absolute Gasteiger partial charge is 0.198 e. The van der Waals surface area contributed by atoms with Crippen LogP contribution in [-0.2, 0) is 6.42 Å². The van der Waals surface area contributed by atoms with Crippen molar-refractivity contribution in [2.75, 3.05) is 0 Å². The van der Waals surface area contributed by atoms with Crippen LogP contribution in [0.15, 0.2) is 12.1 Å². The molecule has 13 heavy (non-hydrogen) atoms. The Hall–Kier alpha value is -1.22. The number of nitriles is 2. The van der Waals surface area contributed by atoms with E-state index in [-0.39, 0.29) is 11.4 Å². The predicted molar refractivity (Wildman–Crippen MR) is 50.5 cm³/mol. The van der Waals surface area contributed by atoms with Gasteiger partial charge in [0.25, 0.3) is 0 Å². The minimum atomic E-state index is 0.118. The number of halogens is 2. The molecule has 0 aliphatic carbocycles. The smallest absolute Gasteiger partial charge is 0.101 e. The summed E-state index contributed by atoms with van der Waals surface area (Å²) in [5, 5.41) is 17.8. The van der Waals surface area contributed by atoms with Crippen molar-refractivity contribution >= 4 is 23.2 Å². The van der Waals surface area contributed by atoms with E-state index in [1.807, 2.05) is 12.1 Å². The average molecular weight is 211 g/mol. The SMILES string of the molecule is N#CCc1c(Cl)ccc(C#N)c1Cl. The maximum atomic E-state index is 8.64. The second-order valence-corrected chi connectivity index (χ2v) is 3.12. The Bertz CT molecular complexity index is 413. The molecular weight excluding hydrogens is 207 g/mol. The highest BCUT2D eigenvalue weighted by molar-refractivity contribution is 6.36. The molecule has 0 unspecified atom stereocenters. The van der Waals surface area contributed by atoms with Crippen molar-refractivity contribution in [3.8, 4) is 12.1 Å². The molecule has 0 atom stereocenters. The lowest BCUT2D eigenvalue weighted by molar-refractivity contribution is 1.26. The summed E-state index contributed by atoms with van der Waals surface area (Å²) in [6.45, 7) is 0. The molecule has 0 spiro atoms. The molecular formula is C9H4Cl2N2. The van der Waals surface area contributed by atoms with E-state index in [4.69, 9.17) is 33.7 Å². The Kier molecular flexibility index (Phi) is 3.14. The van der Waals surface area contributed by atoms with Crippen molar-refractivity contribution in [3.05, 3.63) is 33.3 Å². The Labute approximate surface area is 85.9 Å². The third-order valence-electron chi connectivity index (χ3n) is 1.56. The Balaban J connectivity index is 3.33. The summed E-state index contributed by atoms with van der Waals surface area (Å²) in [5.41, 5.74) is 0.862. The number of nitrogens with zero attached hydrogens (tertiary/aromatic N) is 2. The van der Waals surface area contributed by atoms with Gasteiger partial charge >= 0.3 is 0 Å². The maximum absolute atomic E-state index is 8.64. The number of hydrogen-bond acceptors (Lipinski definition) is 2. The fourth-order valence-electron chi connectivity index (χ4n) is 0.925. The quantitative estimate of drug-likeness (QED) is 0.716. The molecule has 2 nitrogen and oxygen atoms in total. The van der Waals surface area contributed by atoms with E-state index >= 15 is 0 Å². The van der Waals surface area contributed by atoms with E-state index in [2.05, 4.69) is 0 Å². The minimum absolute atomic E-state index is 0.118. The van der Waals surface area contributed by atoms with E-state index in [9.17, 15) is 0 Å². The topological polar surface area (TPSA) is 47.6 Å². The van der Waals surface area contributed by atoms with Gasteiger partial charge in [0, 0.05) is 10.6 Å². The van der Waals surface area contributed by atoms with Crippen LogP contribution >= 0.6 is 23.2 Å². The number of hydrogen-bond donors (Lipinski definition) is 0. The summed E-state index contributed by atoms with van der Waals surface area (Å²) in [4.78, 5) is 0. The zero-order valence-electron chi connectivity index (χ0n) is 6.51. The van der Waals surface area contributed by atoms with Crippen LogP contribution in [0.3, 0.4) is 0 Å². The Morgan fingerprint density at radius 2 is 1.92 bits per heavy atom. The molecule has 0 aliphatic rings. The highest BCUT2D eigenvalue weighted by Gasteiger charge is 2.09. The lowest BCUT2D eigenvalue weighted by Crippen LogP contribution is -1.88. The molecule has 4 heteroatoms. The maximum Gasteiger partial charge on any atom is 0.101 e. The fraction of sp³-hybridized carbons (Fsp3) is 0.111. The molecule has 1 aromatic rings. The van der Waals surface area contributed by atoms with Crippen molar-refractivity contribution in [2.45, 2.75) is 6.42 Å². The van der Waals surface area contributed by atoms with Gasteiger partial charge in [0.1, 0.15) is 6.07 Å². The van der Waals surface area contributed by atoms with Crippen molar-refractivity contribution in [1.29, 1.82) is 10.5 Å². The molecule has 0 amide bonds. The third kappa shape index (κ3) is 1.92. The minimum Gasteiger partial charge on any atom is -0.198 e. The van der Waals surface area contributed by atoms with Crippen LogP contribution in [0.1, 0.15) is 11.1 Å². The summed E-state index contributed by atoms with van der Waals surface area (Å²) in [5.74, 6) is 0. The van der Waals surface area contributed by atoms with Gasteiger partial charge in [0.05, 0.1) is 23.1 Å². The van der Waals surface area contributed by atoms with Gasteiger partial charge in [0.2, 0.25) is 0 Å². The van der Waals surface area contributed by atoms with Gasteiger partial charge in [-0.05, 0) is 12.1 Å². The van der Waals surface area contributed by atoms with Crippen LogP contribution in [-0.4, -0.2) is 0 Å². The lowest BCUT2D eigenvalue weighted by Gasteiger charge is -2.03. The first-order chi connectivity index (χ1) is 6.20. The van der Waals surface area contributed by atoms with E-state index in [1.165, 1.54) is 6.07 Å². The second kappa shape index (κ2) is 4.14. The van der Waals surface area contributed by atoms with Gasteiger partial charge in [-0.3, -0.25) is 0 Å². The van der Waals surface area contributed by atoms with Gasteiger partial charge in [-0.15, -0.1) is 0 Å². The predicted octanol–water partition coefficient (Wildman–Crippen LogP) is 2.93. The molecule has 0 fully saturated rings. The number of benzene rings is 1. The van der Waals surface area contributed by atoms with Crippen LogP contribution in [0.5, 0.6) is 0 Å². The highest BCUT2D eigenvalue weighted by atomic mass is 35.5. The summed E-state index contributed by atoms with van der Waals surface area (Å²) in [6.07, 6.45) is 0.118. The summed E-state index contributed by atoms with van der Waals surface area (Å²) in [6, 6.07) is 6.96. The monoisotopic (exact) mass is 210 g/mol. The van der Waals surface area contributed by atoms with E-state index in [1.54, 1.807) is 6.07 Å². The lowest BCUT2D eigenvalue weighted by atomic mass is 10.1. The zero-order valence-corrected chi connectivity index (χ0v) is 8.02. The van der Waals surface area contributed by atoms with Crippen molar-refractivity contribution in [2.24, 2.45) is 0 Å². The molecule has 0 heterocycles. The molecule has 0 saturated heterocycles. The molecule has 1 aromatic carbocycles. The van der Waals surface area contributed by atoms with Crippen LogP contribution in [0, 0.1) is 22.7 Å². The molecule has 0 bridgehead atoms. The number of rotatable bonds is 1. The molecule has 0 aromatic heterocycles. The highest BCUT2D eigenvalue weighted by Crippen LogP contribution is 2.27. The van der Waals surface area contributed by atoms with Crippen LogP contribution in [0.25, 0.3) is 0 Å². The van der Waals surface area contributed by atoms with Crippen LogP contribution in [0.2, 0.25) is 10.0 Å². The zero-order chi connectivity index (χ0) is 9.84. The Morgan fingerprint density at radius 1 is 1.23 bits per heavy atom. The van der Waals surface area contributed by atoms with Gasteiger partial charge in [-0.25, -0.2) is 0 Å². The normalized spacial score (nSPS) is 8.92. The van der Waals surface area contributed by atoms with Gasteiger partial charge in [-0.1, -0.05) is 23.2 Å². The average Bonchev–Trinajstić information content (AvgIpc) is 2.12. The van der Waals surface area contributed by atoms with E-state index in [0.29, 0.717) is 16.1 Å². The summed E-state index contributed by atoms with van der Waals surface area (Å²) >= 11 is 11.6. The third-order valence-corrected chi connectivity index (χ3v) is 2.35. The van der Waals surface area contributed by atoms with Gasteiger partial charge < -0.3 is 0 Å². The van der Waals surface area contributed by atoms with Gasteiger partial charge in [-0.2, -0.15) is 10.5 Å². The summed E-state index contributed by atoms with van der Waals surface area (Å²) < 4.78 is 0. The van der Waals surface area contributed by atoms with E-state index in [0.717, 1.165) is 0 Å². The Morgan fingerprint density at radius 3 is 2.46 bits per heavy atom. The van der Waals surface area contributed by atoms with Crippen LogP contribution in [0.4, 0.5) is 0 Å². The van der Waals surface area contributed by atoms with Crippen LogP contribution < -0.4 is 0 Å². The van der Waals surface area contributed by atoms with Crippen molar-refractivity contribution in [1.82, 2.24) is 0 Å². The van der Waals surface area contributed by atoms with Crippen molar-refractivity contribution in [3.63, 3.8) is 0 Å². The second-order valence-electron chi connectivity index (χ2n) is 2.33. The molecule has 1 rings (SSSR count). The first kappa shape index (κ1) is 9.86. The first-order valence-electron chi connectivity index (χ1n) is 3.44. The molecule has 0 saturated carbocycles.